The molecule has 120 heavy (non-hydrogen) atoms. The van der Waals surface area contributed by atoms with Crippen molar-refractivity contribution < 1.29 is 92.6 Å². The van der Waals surface area contributed by atoms with Crippen LogP contribution in [0.1, 0.15) is 176 Å². The lowest BCUT2D eigenvalue weighted by molar-refractivity contribution is -0.226. The number of hydrogen-bond donors (Lipinski definition) is 6. The number of carbonyl (C=O) groups excluding carboxylic acids is 6. The van der Waals surface area contributed by atoms with Crippen LogP contribution in [0.2, 0.25) is 0 Å². The average Bonchev–Trinajstić information content (AvgIpc) is 1.49. The summed E-state index contributed by atoms with van der Waals surface area (Å²) in [7, 11) is 0. The van der Waals surface area contributed by atoms with Crippen LogP contribution in [0, 0.1) is 58.3 Å². The molecule has 6 amide bonds. The molecule has 6 N–H and O–H groups in total. The molecule has 6 aromatic rings. The number of pyridine rings is 6. The molecule has 2 aliphatic carbocycles. The predicted octanol–water partition coefficient (Wildman–Crippen LogP) is 2.73. The van der Waals surface area contributed by atoms with Gasteiger partial charge in [-0.05, 0) is 120 Å². The van der Waals surface area contributed by atoms with Gasteiger partial charge in [0.15, 0.2) is 106 Å². The summed E-state index contributed by atoms with van der Waals surface area (Å²) in [4.78, 5) is 156. The fraction of sp³-hybridized carbons (Fsp3) is 0.566. The topological polar surface area (TPSA) is 440 Å². The molecule has 642 valence electrons. The maximum absolute atomic E-state index is 12.8. The molecule has 0 unspecified atom stereocenters. The van der Waals surface area contributed by atoms with E-state index >= 15 is 0 Å². The predicted molar refractivity (Wildman–Crippen MR) is 421 cm³/mol. The lowest BCUT2D eigenvalue weighted by atomic mass is 9.84. The highest BCUT2D eigenvalue weighted by Crippen LogP contribution is 2.54. The largest absolute Gasteiger partial charge is 0.503 e. The van der Waals surface area contributed by atoms with Gasteiger partial charge in [0.2, 0.25) is 32.6 Å². The van der Waals surface area contributed by atoms with Gasteiger partial charge >= 0.3 is 0 Å². The minimum atomic E-state index is -0.493. The quantitative estimate of drug-likeness (QED) is 0.127. The van der Waals surface area contributed by atoms with Crippen LogP contribution in [0.15, 0.2) is 65.9 Å². The first-order valence-electron chi connectivity index (χ1n) is 40.8. The Hall–Kier alpha value is -11.0. The van der Waals surface area contributed by atoms with Crippen LogP contribution in [-0.2, 0) is 72.4 Å². The number of rotatable bonds is 0. The van der Waals surface area contributed by atoms with Gasteiger partial charge in [0.25, 0.3) is 35.4 Å². The fourth-order valence-electron chi connectivity index (χ4n) is 19.1. The van der Waals surface area contributed by atoms with Gasteiger partial charge in [-0.3, -0.25) is 57.5 Å². The Kier molecular flexibility index (Phi) is 21.3. The number of aryl methyl sites for hydroxylation is 6. The van der Waals surface area contributed by atoms with Crippen molar-refractivity contribution in [2.24, 2.45) is 16.7 Å². The first-order valence-corrected chi connectivity index (χ1v) is 40.8. The summed E-state index contributed by atoms with van der Waals surface area (Å²) in [5.74, 6) is -4.43. The Morgan fingerprint density at radius 2 is 0.742 bits per heavy atom. The Labute approximate surface area is 686 Å². The van der Waals surface area contributed by atoms with Gasteiger partial charge in [0.1, 0.15) is 0 Å². The van der Waals surface area contributed by atoms with Gasteiger partial charge in [0, 0.05) is 114 Å². The van der Waals surface area contributed by atoms with Crippen LogP contribution in [0.25, 0.3) is 0 Å². The van der Waals surface area contributed by atoms with E-state index in [2.05, 4.69) is 0 Å². The first kappa shape index (κ1) is 82.7. The van der Waals surface area contributed by atoms with Crippen molar-refractivity contribution in [1.29, 1.82) is 0 Å². The van der Waals surface area contributed by atoms with Crippen molar-refractivity contribution in [3.63, 3.8) is 0 Å². The normalized spacial score (nSPS) is 28.0. The highest BCUT2D eigenvalue weighted by atomic mass is 16.5. The summed E-state index contributed by atoms with van der Waals surface area (Å²) in [6, 6.07) is 0.282. The zero-order valence-electron chi connectivity index (χ0n) is 68.6. The summed E-state index contributed by atoms with van der Waals surface area (Å²) in [5.41, 5.74) is 0.0862. The van der Waals surface area contributed by atoms with Crippen molar-refractivity contribution in [2.45, 2.75) is 234 Å². The Bertz CT molecular complexity index is 5660. The van der Waals surface area contributed by atoms with E-state index in [4.69, 9.17) is 33.2 Å². The second-order valence-corrected chi connectivity index (χ2v) is 34.8. The summed E-state index contributed by atoms with van der Waals surface area (Å²) in [6.07, 6.45) is 14.7. The molecule has 19 heterocycles. The Morgan fingerprint density at radius 3 is 1.20 bits per heavy atom. The molecule has 2 bridgehead atoms. The van der Waals surface area contributed by atoms with Crippen LogP contribution >= 0.6 is 0 Å². The molecule has 7 saturated heterocycles. The minimum absolute atomic E-state index is 0.0285. The standard InChI is InChI=1S/C15H18N2O4.C14H16N2O5.C14H16N2O4.C14H18N2O4.2C13H16N2O4/c1-8-5-16-6-10-17(9(2)15(3-4-15)7-21-10)14(20)11(16)13(19)12(8)18;1-8-2-15-3-9-16(4-14(7-21-9)5-20-6-14)13(19)10(15)12(18)11(8)17;1-7-5-15-6-10-16(8-2-3-9(4-8)20-10)14(19)11(15)13(18)12(7)17;1-7-5-15-6-10-16(8(2)4-9(3)20-10)14(19)11(15)13(18)12(7)17;1-7-3-15-9(19-6-7)5-14-4-8(2)11(16)12(17)10(14)13(15)18;1-7-5-14-6-9-15(4-3-8(2)19-9)13(18)10(14)12(17)11(7)16/h5,9-10,19H,3-4,6-7H2,1-2H3;2,9,18H,3-7H2,1H3;5,8-10,18H,2-4,6H2,1H3;5,8-10,18H,4,6H2,1-3H3;4,7,9,17H,3,5-6H2,1-2H3;5,8-9,17H,3-4,6H2,1-2H3/t9-,10+;9-;8-,9+,10+;8-,9-,10+;7-,9-;8-,9+/m100101/s1. The second kappa shape index (κ2) is 30.9. The molecular formula is C83H100N12O25. The zero-order chi connectivity index (χ0) is 85.8. The van der Waals surface area contributed by atoms with E-state index in [9.17, 15) is 88.2 Å². The Balaban J connectivity index is 0.000000107. The van der Waals surface area contributed by atoms with Crippen LogP contribution in [0.5, 0.6) is 34.5 Å². The van der Waals surface area contributed by atoms with Crippen molar-refractivity contribution in [3.8, 4) is 34.5 Å². The number of nitrogens with zero attached hydrogens (tertiary/aromatic N) is 12. The lowest BCUT2D eigenvalue weighted by Gasteiger charge is -2.52. The molecule has 13 aliphatic heterocycles. The molecule has 9 fully saturated rings. The molecule has 0 aromatic carbocycles. The van der Waals surface area contributed by atoms with E-state index in [0.717, 1.165) is 44.9 Å². The summed E-state index contributed by atoms with van der Waals surface area (Å²) in [6.45, 7) is 27.2. The van der Waals surface area contributed by atoms with Crippen molar-refractivity contribution in [1.82, 2.24) is 56.8 Å². The molecule has 37 nitrogen and oxygen atoms in total. The van der Waals surface area contributed by atoms with Crippen LogP contribution in [0.3, 0.4) is 0 Å². The zero-order valence-corrected chi connectivity index (χ0v) is 68.6. The van der Waals surface area contributed by atoms with E-state index in [1.54, 1.807) is 136 Å². The third-order valence-electron chi connectivity index (χ3n) is 25.9. The third kappa shape index (κ3) is 14.1. The molecule has 37 heteroatoms. The minimum Gasteiger partial charge on any atom is -0.503 e. The van der Waals surface area contributed by atoms with Gasteiger partial charge in [-0.25, -0.2) is 0 Å². The summed E-state index contributed by atoms with van der Waals surface area (Å²) in [5, 5.41) is 60.0. The molecule has 2 spiro atoms. The molecule has 21 rings (SSSR count). The summed E-state index contributed by atoms with van der Waals surface area (Å²) < 4.78 is 49.9. The molecule has 2 saturated carbocycles. The molecule has 15 aliphatic rings. The van der Waals surface area contributed by atoms with Crippen molar-refractivity contribution >= 4 is 35.4 Å². The highest BCUT2D eigenvalue weighted by molar-refractivity contribution is 5.99. The smallest absolute Gasteiger partial charge is 0.276 e. The number of fused-ring (bicyclic) bond motifs is 15. The fourth-order valence-corrected chi connectivity index (χ4v) is 19.1. The number of hydrogen-bond acceptors (Lipinski definition) is 25. The van der Waals surface area contributed by atoms with E-state index in [1.165, 1.54) is 0 Å². The number of aromatic nitrogens is 6. The maximum atomic E-state index is 12.8. The third-order valence-corrected chi connectivity index (χ3v) is 25.9. The SMILES string of the molecule is Cc1cn2c(c(O)c1=O)C(=O)N1CC3(COC3)CO[C@H]1C2.Cc1cn2c(c(O)c1=O)C(=O)N1CC[C@@H](C)O[C@H]1C2.Cc1cn2c(c(O)c1=O)C(=O)N1C[C@H](C)CO[C@H]1C2.Cc1cn2c(c(O)c1=O)C(=O)N1[C@H](C)C[C@@H](C)O[C@H]1C2.Cc1cn2c(c(O)c1=O)C(=O)N1[C@H](C2)OCC2(CC2)[C@H]1C.Cc1cn2c(c(O)c1=O)C(=O)N1[C@H]3CC[C@H](C3)O[C@@H]1C2. The number of aromatic hydroxyl groups is 6. The molecule has 6 aromatic heterocycles. The van der Waals surface area contributed by atoms with E-state index < -0.39 is 67.1 Å². The molecule has 13 atom stereocenters. The van der Waals surface area contributed by atoms with Crippen molar-refractivity contribution in [3.05, 3.63) is 166 Å². The average molecular weight is 1670 g/mol. The van der Waals surface area contributed by atoms with Crippen molar-refractivity contribution in [2.75, 3.05) is 52.7 Å². The van der Waals surface area contributed by atoms with Gasteiger partial charge < -0.3 is 121 Å². The van der Waals surface area contributed by atoms with Gasteiger partial charge in [-0.15, -0.1) is 0 Å². The highest BCUT2D eigenvalue weighted by Gasteiger charge is 2.58. The maximum Gasteiger partial charge on any atom is 0.276 e. The van der Waals surface area contributed by atoms with Crippen LogP contribution < -0.4 is 32.6 Å². The van der Waals surface area contributed by atoms with E-state index in [-0.39, 0.29) is 160 Å². The molecular weight excluding hydrogens is 1560 g/mol. The van der Waals surface area contributed by atoms with Crippen LogP contribution in [0.4, 0.5) is 0 Å². The lowest BCUT2D eigenvalue weighted by Crippen LogP contribution is -2.64. The van der Waals surface area contributed by atoms with E-state index in [1.807, 2.05) is 34.6 Å². The van der Waals surface area contributed by atoms with E-state index in [0.29, 0.717) is 125 Å². The second-order valence-electron chi connectivity index (χ2n) is 34.8. The van der Waals surface area contributed by atoms with Gasteiger partial charge in [-0.2, -0.15) is 0 Å². The Morgan fingerprint density at radius 1 is 0.358 bits per heavy atom. The van der Waals surface area contributed by atoms with Gasteiger partial charge in [0.05, 0.1) is 96.0 Å². The monoisotopic (exact) mass is 1660 g/mol. The summed E-state index contributed by atoms with van der Waals surface area (Å²) >= 11 is 0. The first-order chi connectivity index (χ1) is 56.9. The van der Waals surface area contributed by atoms with Gasteiger partial charge in [-0.1, -0.05) is 6.92 Å². The number of carbonyl (C=O) groups is 6. The number of ether oxygens (including phenoxy) is 7. The van der Waals surface area contributed by atoms with Crippen LogP contribution in [-0.4, -0.2) is 249 Å². The molecule has 0 radical (unpaired) electrons. The number of amides is 6.